The van der Waals surface area contributed by atoms with Crippen LogP contribution in [0.3, 0.4) is 0 Å². The first-order chi connectivity index (χ1) is 8.24. The Hall–Kier alpha value is -1.38. The van der Waals surface area contributed by atoms with Crippen molar-refractivity contribution in [3.8, 4) is 0 Å². The Bertz CT molecular complexity index is 352. The maximum Gasteiger partial charge on any atom is 0.219 e. The average Bonchev–Trinajstić information content (AvgIpc) is 2.31. The summed E-state index contributed by atoms with van der Waals surface area (Å²) in [6.07, 6.45) is 3.99. The Labute approximate surface area is 102 Å². The van der Waals surface area contributed by atoms with E-state index in [1.54, 1.807) is 6.07 Å². The lowest BCUT2D eigenvalue weighted by Crippen LogP contribution is -2.23. The van der Waals surface area contributed by atoms with E-state index >= 15 is 0 Å². The quantitative estimate of drug-likeness (QED) is 0.725. The van der Waals surface area contributed by atoms with Crippen LogP contribution in [0.4, 0.5) is 4.39 Å². The minimum Gasteiger partial charge on any atom is -0.356 e. The first kappa shape index (κ1) is 13.7. The van der Waals surface area contributed by atoms with Gasteiger partial charge in [0.05, 0.1) is 0 Å². The topological polar surface area (TPSA) is 29.1 Å². The van der Waals surface area contributed by atoms with E-state index in [1.807, 2.05) is 19.1 Å². The molecule has 0 radical (unpaired) electrons. The normalized spacial score (nSPS) is 10.2. The van der Waals surface area contributed by atoms with Crippen molar-refractivity contribution in [2.24, 2.45) is 0 Å². The molecule has 0 heterocycles. The molecule has 0 bridgehead atoms. The van der Waals surface area contributed by atoms with E-state index in [4.69, 9.17) is 0 Å². The molecule has 3 heteroatoms. The number of hydrogen-bond donors (Lipinski definition) is 1. The Balaban J connectivity index is 2.13. The van der Waals surface area contributed by atoms with Gasteiger partial charge in [-0.3, -0.25) is 4.79 Å². The van der Waals surface area contributed by atoms with E-state index in [0.717, 1.165) is 31.2 Å². The second-order valence-corrected chi connectivity index (χ2v) is 4.15. The van der Waals surface area contributed by atoms with Crippen LogP contribution in [0, 0.1) is 5.82 Å². The van der Waals surface area contributed by atoms with E-state index in [2.05, 4.69) is 5.32 Å². The molecule has 0 aliphatic heterocycles. The van der Waals surface area contributed by atoms with Gasteiger partial charge in [0.25, 0.3) is 0 Å². The molecular formula is C14H20FNO. The van der Waals surface area contributed by atoms with E-state index in [-0.39, 0.29) is 11.7 Å². The van der Waals surface area contributed by atoms with E-state index < -0.39 is 0 Å². The van der Waals surface area contributed by atoms with Gasteiger partial charge in [-0.05, 0) is 37.3 Å². The predicted molar refractivity (Wildman–Crippen MR) is 67.3 cm³/mol. The largest absolute Gasteiger partial charge is 0.356 e. The fourth-order valence-electron chi connectivity index (χ4n) is 1.68. The van der Waals surface area contributed by atoms with Gasteiger partial charge in [0.2, 0.25) is 5.91 Å². The van der Waals surface area contributed by atoms with Crippen LogP contribution in [0.2, 0.25) is 0 Å². The summed E-state index contributed by atoms with van der Waals surface area (Å²) in [7, 11) is 0. The Morgan fingerprint density at radius 1 is 1.29 bits per heavy atom. The Kier molecular flexibility index (Phi) is 6.30. The van der Waals surface area contributed by atoms with Crippen molar-refractivity contribution in [1.29, 1.82) is 0 Å². The summed E-state index contributed by atoms with van der Waals surface area (Å²) < 4.78 is 13.3. The number of benzene rings is 1. The van der Waals surface area contributed by atoms with Crippen LogP contribution in [0.5, 0.6) is 0 Å². The third-order valence-corrected chi connectivity index (χ3v) is 2.63. The molecule has 0 fully saturated rings. The van der Waals surface area contributed by atoms with Crippen molar-refractivity contribution in [2.75, 3.05) is 6.54 Å². The lowest BCUT2D eigenvalue weighted by Gasteiger charge is -2.05. The summed E-state index contributed by atoms with van der Waals surface area (Å²) >= 11 is 0. The van der Waals surface area contributed by atoms with Crippen LogP contribution in [-0.2, 0) is 11.2 Å². The number of carbonyl (C=O) groups is 1. The van der Waals surface area contributed by atoms with Crippen molar-refractivity contribution < 1.29 is 9.18 Å². The van der Waals surface area contributed by atoms with Gasteiger partial charge in [0.15, 0.2) is 0 Å². The summed E-state index contributed by atoms with van der Waals surface area (Å²) in [5, 5.41) is 2.85. The van der Waals surface area contributed by atoms with Gasteiger partial charge >= 0.3 is 0 Å². The molecule has 0 unspecified atom stereocenters. The molecule has 0 aromatic heterocycles. The lowest BCUT2D eigenvalue weighted by atomic mass is 10.1. The van der Waals surface area contributed by atoms with E-state index in [0.29, 0.717) is 13.0 Å². The molecule has 0 saturated carbocycles. The highest BCUT2D eigenvalue weighted by atomic mass is 19.1. The molecule has 0 spiro atoms. The molecule has 1 rings (SSSR count). The summed E-state index contributed by atoms with van der Waals surface area (Å²) in [4.78, 5) is 11.2. The van der Waals surface area contributed by atoms with Gasteiger partial charge in [-0.2, -0.15) is 0 Å². The van der Waals surface area contributed by atoms with Gasteiger partial charge in [-0.1, -0.05) is 25.1 Å². The van der Waals surface area contributed by atoms with Crippen molar-refractivity contribution in [3.63, 3.8) is 0 Å². The van der Waals surface area contributed by atoms with Gasteiger partial charge in [-0.25, -0.2) is 4.39 Å². The number of halogens is 1. The van der Waals surface area contributed by atoms with Crippen LogP contribution in [0.25, 0.3) is 0 Å². The average molecular weight is 237 g/mol. The van der Waals surface area contributed by atoms with Crippen molar-refractivity contribution >= 4 is 5.91 Å². The first-order valence-electron chi connectivity index (χ1n) is 6.24. The molecule has 2 nitrogen and oxygen atoms in total. The van der Waals surface area contributed by atoms with Gasteiger partial charge in [0, 0.05) is 13.0 Å². The number of hydrogen-bond acceptors (Lipinski definition) is 1. The summed E-state index contributed by atoms with van der Waals surface area (Å²) in [5.74, 6) is -0.0269. The summed E-state index contributed by atoms with van der Waals surface area (Å²) in [6, 6.07) is 6.84. The van der Waals surface area contributed by atoms with Gasteiger partial charge < -0.3 is 5.32 Å². The zero-order valence-electron chi connectivity index (χ0n) is 10.3. The second kappa shape index (κ2) is 7.82. The molecule has 0 saturated heterocycles. The number of carbonyl (C=O) groups excluding carboxylic acids is 1. The van der Waals surface area contributed by atoms with Crippen LogP contribution < -0.4 is 5.32 Å². The van der Waals surface area contributed by atoms with E-state index in [1.165, 1.54) is 6.07 Å². The minimum absolute atomic E-state index is 0.110. The molecule has 1 N–H and O–H groups in total. The van der Waals surface area contributed by atoms with Gasteiger partial charge in [-0.15, -0.1) is 0 Å². The van der Waals surface area contributed by atoms with Crippen molar-refractivity contribution in [2.45, 2.75) is 39.0 Å². The smallest absolute Gasteiger partial charge is 0.219 e. The molecule has 0 aliphatic rings. The fourth-order valence-corrected chi connectivity index (χ4v) is 1.68. The number of unbranched alkanes of at least 4 members (excludes halogenated alkanes) is 1. The SMILES string of the molecule is CCCC(=O)NCCCCc1ccccc1F. The maximum absolute atomic E-state index is 13.3. The van der Waals surface area contributed by atoms with Crippen molar-refractivity contribution in [1.82, 2.24) is 5.32 Å². The van der Waals surface area contributed by atoms with Crippen LogP contribution in [-0.4, -0.2) is 12.5 Å². The Morgan fingerprint density at radius 3 is 2.76 bits per heavy atom. The first-order valence-corrected chi connectivity index (χ1v) is 6.24. The van der Waals surface area contributed by atoms with Crippen LogP contribution >= 0.6 is 0 Å². The number of rotatable bonds is 7. The minimum atomic E-state index is -0.137. The number of amides is 1. The zero-order valence-corrected chi connectivity index (χ0v) is 10.3. The number of nitrogens with one attached hydrogen (secondary N) is 1. The molecule has 0 aliphatic carbocycles. The highest BCUT2D eigenvalue weighted by Gasteiger charge is 2.01. The highest BCUT2D eigenvalue weighted by molar-refractivity contribution is 5.75. The van der Waals surface area contributed by atoms with Crippen LogP contribution in [0.15, 0.2) is 24.3 Å². The third-order valence-electron chi connectivity index (χ3n) is 2.63. The second-order valence-electron chi connectivity index (χ2n) is 4.15. The fraction of sp³-hybridized carbons (Fsp3) is 0.500. The van der Waals surface area contributed by atoms with Crippen molar-refractivity contribution in [3.05, 3.63) is 35.6 Å². The molecule has 0 atom stereocenters. The summed E-state index contributed by atoms with van der Waals surface area (Å²) in [5.41, 5.74) is 0.757. The third kappa shape index (κ3) is 5.48. The molecule has 1 amide bonds. The van der Waals surface area contributed by atoms with Crippen LogP contribution in [0.1, 0.15) is 38.2 Å². The number of aryl methyl sites for hydroxylation is 1. The maximum atomic E-state index is 13.3. The molecule has 17 heavy (non-hydrogen) atoms. The molecule has 1 aromatic rings. The Morgan fingerprint density at radius 2 is 2.06 bits per heavy atom. The van der Waals surface area contributed by atoms with Gasteiger partial charge in [0.1, 0.15) is 5.82 Å². The monoisotopic (exact) mass is 237 g/mol. The van der Waals surface area contributed by atoms with E-state index in [9.17, 15) is 9.18 Å². The standard InChI is InChI=1S/C14H20FNO/c1-2-7-14(17)16-11-6-5-9-12-8-3-4-10-13(12)15/h3-4,8,10H,2,5-7,9,11H2,1H3,(H,16,17). The summed E-state index contributed by atoms with van der Waals surface area (Å²) in [6.45, 7) is 2.67. The highest BCUT2D eigenvalue weighted by Crippen LogP contribution is 2.09. The zero-order chi connectivity index (χ0) is 12.5. The molecule has 94 valence electrons. The predicted octanol–water partition coefficient (Wildman–Crippen LogP) is 3.06. The lowest BCUT2D eigenvalue weighted by molar-refractivity contribution is -0.121. The molecular weight excluding hydrogens is 217 g/mol. The molecule has 1 aromatic carbocycles.